The van der Waals surface area contributed by atoms with Crippen molar-refractivity contribution in [1.29, 1.82) is 0 Å². The third-order valence-electron chi connectivity index (χ3n) is 3.00. The molecule has 0 atom stereocenters. The van der Waals surface area contributed by atoms with Crippen molar-refractivity contribution in [1.82, 2.24) is 9.29 Å². The molecule has 20 heavy (non-hydrogen) atoms. The molecular weight excluding hydrogens is 280 g/mol. The summed E-state index contributed by atoms with van der Waals surface area (Å²) >= 11 is 0. The Bertz CT molecular complexity index is 508. The van der Waals surface area contributed by atoms with Crippen molar-refractivity contribution in [2.45, 2.75) is 44.2 Å². The Balaban J connectivity index is 2.72. The number of sulfonamides is 1. The average molecular weight is 304 g/mol. The highest BCUT2D eigenvalue weighted by Gasteiger charge is 2.18. The van der Waals surface area contributed by atoms with Gasteiger partial charge in [0, 0.05) is 38.2 Å². The van der Waals surface area contributed by atoms with Gasteiger partial charge in [0.05, 0.1) is 11.5 Å². The minimum absolute atomic E-state index is 0.0998. The van der Waals surface area contributed by atoms with Crippen LogP contribution in [0.4, 0.5) is 0 Å². The highest BCUT2D eigenvalue weighted by Crippen LogP contribution is 2.18. The number of aliphatic hydroxyl groups excluding tert-OH is 1. The Labute approximate surface area is 120 Å². The van der Waals surface area contributed by atoms with Crippen LogP contribution in [0.5, 0.6) is 0 Å². The molecule has 0 saturated heterocycles. The van der Waals surface area contributed by atoms with Gasteiger partial charge in [0.15, 0.2) is 0 Å². The SMILES string of the molecule is COCCCCNS(=O)(=O)c1cc(CO)n(C(C)C)c1. The van der Waals surface area contributed by atoms with Crippen LogP contribution in [0.3, 0.4) is 0 Å². The molecule has 7 heteroatoms. The van der Waals surface area contributed by atoms with E-state index in [4.69, 9.17) is 4.74 Å². The summed E-state index contributed by atoms with van der Waals surface area (Å²) in [7, 11) is -1.90. The lowest BCUT2D eigenvalue weighted by Gasteiger charge is -2.10. The lowest BCUT2D eigenvalue weighted by molar-refractivity contribution is 0.193. The first-order chi connectivity index (χ1) is 9.42. The Hall–Kier alpha value is -0.890. The minimum Gasteiger partial charge on any atom is -0.390 e. The molecule has 0 amide bonds. The van der Waals surface area contributed by atoms with Crippen LogP contribution < -0.4 is 4.72 Å². The van der Waals surface area contributed by atoms with Gasteiger partial charge in [0.25, 0.3) is 0 Å². The van der Waals surface area contributed by atoms with Crippen LogP contribution >= 0.6 is 0 Å². The summed E-state index contributed by atoms with van der Waals surface area (Å²) in [6.07, 6.45) is 3.10. The predicted octanol–water partition coefficient (Wildman–Crippen LogP) is 1.27. The van der Waals surface area contributed by atoms with E-state index in [9.17, 15) is 13.5 Å². The fourth-order valence-corrected chi connectivity index (χ4v) is 3.04. The normalized spacial score (nSPS) is 12.2. The van der Waals surface area contributed by atoms with E-state index in [1.54, 1.807) is 17.9 Å². The van der Waals surface area contributed by atoms with Gasteiger partial charge in [0.1, 0.15) is 0 Å². The molecule has 1 heterocycles. The van der Waals surface area contributed by atoms with E-state index in [0.717, 1.165) is 12.8 Å². The van der Waals surface area contributed by atoms with Crippen LogP contribution in [0.15, 0.2) is 17.2 Å². The summed E-state index contributed by atoms with van der Waals surface area (Å²) in [5, 5.41) is 9.27. The number of ether oxygens (including phenoxy) is 1. The molecule has 0 aliphatic carbocycles. The van der Waals surface area contributed by atoms with Gasteiger partial charge in [-0.3, -0.25) is 0 Å². The fraction of sp³-hybridized carbons (Fsp3) is 0.692. The van der Waals surface area contributed by atoms with Gasteiger partial charge in [-0.2, -0.15) is 0 Å². The van der Waals surface area contributed by atoms with Crippen LogP contribution in [0, 0.1) is 0 Å². The molecule has 116 valence electrons. The number of methoxy groups -OCH3 is 1. The van der Waals surface area contributed by atoms with E-state index in [1.807, 2.05) is 13.8 Å². The van der Waals surface area contributed by atoms with Crippen LogP contribution in [0.25, 0.3) is 0 Å². The smallest absolute Gasteiger partial charge is 0.242 e. The number of hydrogen-bond donors (Lipinski definition) is 2. The van der Waals surface area contributed by atoms with Crippen LogP contribution in [-0.2, 0) is 21.4 Å². The lowest BCUT2D eigenvalue weighted by Crippen LogP contribution is -2.24. The topological polar surface area (TPSA) is 80.6 Å². The number of aromatic nitrogens is 1. The molecular formula is C13H24N2O4S. The standard InChI is InChI=1S/C13H24N2O4S/c1-11(2)15-9-13(8-12(15)10-16)20(17,18)14-6-4-5-7-19-3/h8-9,11,14,16H,4-7,10H2,1-3H3. The first kappa shape index (κ1) is 17.2. The Morgan fingerprint density at radius 2 is 2.10 bits per heavy atom. The van der Waals surface area contributed by atoms with Crippen molar-refractivity contribution in [2.75, 3.05) is 20.3 Å². The van der Waals surface area contributed by atoms with Crippen LogP contribution in [-0.4, -0.2) is 38.4 Å². The quantitative estimate of drug-likeness (QED) is 0.673. The van der Waals surface area contributed by atoms with Gasteiger partial charge in [-0.1, -0.05) is 0 Å². The summed E-state index contributed by atoms with van der Waals surface area (Å²) in [4.78, 5) is 0.196. The number of aliphatic hydroxyl groups is 1. The number of nitrogens with zero attached hydrogens (tertiary/aromatic N) is 1. The molecule has 1 aromatic rings. The lowest BCUT2D eigenvalue weighted by atomic mass is 10.3. The number of unbranched alkanes of at least 4 members (excludes halogenated alkanes) is 1. The zero-order chi connectivity index (χ0) is 15.2. The van der Waals surface area contributed by atoms with Gasteiger partial charge < -0.3 is 14.4 Å². The number of nitrogens with one attached hydrogen (secondary N) is 1. The predicted molar refractivity (Wildman–Crippen MR) is 77.0 cm³/mol. The molecule has 1 aromatic heterocycles. The van der Waals surface area contributed by atoms with Crippen molar-refractivity contribution < 1.29 is 18.3 Å². The van der Waals surface area contributed by atoms with E-state index in [-0.39, 0.29) is 17.5 Å². The summed E-state index contributed by atoms with van der Waals surface area (Å²) in [6.45, 7) is 4.70. The van der Waals surface area contributed by atoms with Crippen molar-refractivity contribution >= 4 is 10.0 Å². The number of rotatable bonds is 9. The van der Waals surface area contributed by atoms with E-state index in [2.05, 4.69) is 4.72 Å². The molecule has 6 nitrogen and oxygen atoms in total. The molecule has 0 fully saturated rings. The molecule has 0 aromatic carbocycles. The van der Waals surface area contributed by atoms with Gasteiger partial charge in [0.2, 0.25) is 10.0 Å². The molecule has 0 saturated carbocycles. The Morgan fingerprint density at radius 3 is 2.60 bits per heavy atom. The van der Waals surface area contributed by atoms with E-state index in [1.165, 1.54) is 6.07 Å². The molecule has 0 unspecified atom stereocenters. The maximum atomic E-state index is 12.1. The zero-order valence-corrected chi connectivity index (χ0v) is 13.1. The number of hydrogen-bond acceptors (Lipinski definition) is 4. The third-order valence-corrected chi connectivity index (χ3v) is 4.43. The van der Waals surface area contributed by atoms with Crippen molar-refractivity contribution in [2.24, 2.45) is 0 Å². The molecule has 0 aliphatic heterocycles. The van der Waals surface area contributed by atoms with Gasteiger partial charge in [-0.05, 0) is 32.8 Å². The molecule has 0 aliphatic rings. The summed E-state index contributed by atoms with van der Waals surface area (Å²) in [5.41, 5.74) is 0.597. The Morgan fingerprint density at radius 1 is 1.40 bits per heavy atom. The second-order valence-electron chi connectivity index (χ2n) is 4.92. The zero-order valence-electron chi connectivity index (χ0n) is 12.3. The second kappa shape index (κ2) is 7.78. The molecule has 0 spiro atoms. The van der Waals surface area contributed by atoms with Crippen molar-refractivity contribution in [3.63, 3.8) is 0 Å². The van der Waals surface area contributed by atoms with Crippen LogP contribution in [0.2, 0.25) is 0 Å². The maximum absolute atomic E-state index is 12.1. The highest BCUT2D eigenvalue weighted by molar-refractivity contribution is 7.89. The molecule has 0 radical (unpaired) electrons. The monoisotopic (exact) mass is 304 g/mol. The first-order valence-electron chi connectivity index (χ1n) is 6.72. The van der Waals surface area contributed by atoms with Crippen LogP contribution in [0.1, 0.15) is 38.4 Å². The average Bonchev–Trinajstić information content (AvgIpc) is 2.83. The first-order valence-corrected chi connectivity index (χ1v) is 8.21. The summed E-state index contributed by atoms with van der Waals surface area (Å²) < 4.78 is 33.5. The largest absolute Gasteiger partial charge is 0.390 e. The highest BCUT2D eigenvalue weighted by atomic mass is 32.2. The van der Waals surface area contributed by atoms with Crippen molar-refractivity contribution in [3.05, 3.63) is 18.0 Å². The third kappa shape index (κ3) is 4.59. The second-order valence-corrected chi connectivity index (χ2v) is 6.69. The van der Waals surface area contributed by atoms with E-state index < -0.39 is 10.0 Å². The molecule has 0 bridgehead atoms. The van der Waals surface area contributed by atoms with Gasteiger partial charge >= 0.3 is 0 Å². The van der Waals surface area contributed by atoms with E-state index in [0.29, 0.717) is 18.8 Å². The molecule has 2 N–H and O–H groups in total. The van der Waals surface area contributed by atoms with Gasteiger partial charge in [-0.25, -0.2) is 13.1 Å². The van der Waals surface area contributed by atoms with Gasteiger partial charge in [-0.15, -0.1) is 0 Å². The summed E-state index contributed by atoms with van der Waals surface area (Å²) in [6, 6.07) is 1.61. The van der Waals surface area contributed by atoms with Crippen molar-refractivity contribution in [3.8, 4) is 0 Å². The fourth-order valence-electron chi connectivity index (χ4n) is 1.91. The van der Waals surface area contributed by atoms with E-state index >= 15 is 0 Å². The summed E-state index contributed by atoms with van der Waals surface area (Å²) in [5.74, 6) is 0. The maximum Gasteiger partial charge on any atom is 0.242 e. The molecule has 1 rings (SSSR count). The minimum atomic E-state index is -3.52. The Kier molecular flexibility index (Phi) is 6.67.